The van der Waals surface area contributed by atoms with Crippen LogP contribution in [0.1, 0.15) is 38.9 Å². The van der Waals surface area contributed by atoms with Crippen molar-refractivity contribution in [3.05, 3.63) is 5.82 Å². The molecule has 0 aliphatic carbocycles. The summed E-state index contributed by atoms with van der Waals surface area (Å²) in [5.74, 6) is 0.219. The number of carboxylic acids is 1. The van der Waals surface area contributed by atoms with Crippen molar-refractivity contribution in [2.24, 2.45) is 5.41 Å². The molecule has 1 aliphatic rings. The number of carbonyl (C=O) groups is 1. The van der Waals surface area contributed by atoms with E-state index < -0.39 is 11.4 Å². The molecule has 0 spiro atoms. The van der Waals surface area contributed by atoms with Gasteiger partial charge in [0.05, 0.1) is 5.41 Å². The Bertz CT molecular complexity index is 425. The fraction of sp³-hybridized carbons (Fsp3) is 0.750. The summed E-state index contributed by atoms with van der Waals surface area (Å²) < 4.78 is 4.27. The van der Waals surface area contributed by atoms with Crippen LogP contribution >= 0.6 is 11.5 Å². The van der Waals surface area contributed by atoms with Gasteiger partial charge in [-0.05, 0) is 19.3 Å². The molecule has 18 heavy (non-hydrogen) atoms. The highest BCUT2D eigenvalue weighted by Gasteiger charge is 2.40. The van der Waals surface area contributed by atoms with Crippen molar-refractivity contribution in [2.75, 3.05) is 18.0 Å². The molecule has 0 bridgehead atoms. The first-order valence-electron chi connectivity index (χ1n) is 6.42. The molecular formula is C12H19N3O2S. The van der Waals surface area contributed by atoms with E-state index in [1.54, 1.807) is 0 Å². The van der Waals surface area contributed by atoms with Crippen LogP contribution in [0.4, 0.5) is 5.13 Å². The van der Waals surface area contributed by atoms with Gasteiger partial charge in [-0.3, -0.25) is 4.79 Å². The molecule has 0 amide bonds. The van der Waals surface area contributed by atoms with Crippen LogP contribution in [0.25, 0.3) is 0 Å². The molecule has 0 unspecified atom stereocenters. The number of anilines is 1. The van der Waals surface area contributed by atoms with Gasteiger partial charge >= 0.3 is 5.97 Å². The zero-order valence-electron chi connectivity index (χ0n) is 10.8. The van der Waals surface area contributed by atoms with E-state index in [0.29, 0.717) is 19.3 Å². The number of carboxylic acid groups (broad SMARTS) is 1. The zero-order chi connectivity index (χ0) is 13.2. The SMILES string of the molecule is CCc1nsc(N2CCC(CC)(C(=O)O)CC2)n1. The lowest BCUT2D eigenvalue weighted by molar-refractivity contribution is -0.150. The highest BCUT2D eigenvalue weighted by Crippen LogP contribution is 2.36. The van der Waals surface area contributed by atoms with Crippen molar-refractivity contribution >= 4 is 22.6 Å². The average Bonchev–Trinajstić information content (AvgIpc) is 2.87. The van der Waals surface area contributed by atoms with Crippen LogP contribution in [0, 0.1) is 5.41 Å². The molecule has 0 saturated carbocycles. The van der Waals surface area contributed by atoms with Crippen molar-refractivity contribution in [2.45, 2.75) is 39.5 Å². The van der Waals surface area contributed by atoms with E-state index in [-0.39, 0.29) is 0 Å². The Morgan fingerprint density at radius 3 is 2.56 bits per heavy atom. The van der Waals surface area contributed by atoms with Gasteiger partial charge in [0.15, 0.2) is 0 Å². The molecule has 1 aromatic rings. The Morgan fingerprint density at radius 1 is 1.44 bits per heavy atom. The maximum atomic E-state index is 11.4. The predicted octanol–water partition coefficient (Wildman–Crippen LogP) is 2.18. The molecule has 1 aromatic heterocycles. The second-order valence-corrected chi connectivity index (χ2v) is 5.50. The summed E-state index contributed by atoms with van der Waals surface area (Å²) in [7, 11) is 0. The maximum absolute atomic E-state index is 11.4. The van der Waals surface area contributed by atoms with Crippen LogP contribution in [-0.2, 0) is 11.2 Å². The molecule has 1 aliphatic heterocycles. The number of rotatable bonds is 4. The fourth-order valence-electron chi connectivity index (χ4n) is 2.36. The predicted molar refractivity (Wildman–Crippen MR) is 71.1 cm³/mol. The van der Waals surface area contributed by atoms with E-state index in [9.17, 15) is 9.90 Å². The molecular weight excluding hydrogens is 250 g/mol. The standard InChI is InChI=1S/C12H19N3O2S/c1-3-9-13-11(18-14-9)15-7-5-12(4-2,6-8-15)10(16)17/h3-8H2,1-2H3,(H,16,17). The topological polar surface area (TPSA) is 66.3 Å². The lowest BCUT2D eigenvalue weighted by atomic mass is 9.76. The van der Waals surface area contributed by atoms with E-state index >= 15 is 0 Å². The average molecular weight is 269 g/mol. The molecule has 0 atom stereocenters. The van der Waals surface area contributed by atoms with Crippen molar-refractivity contribution in [1.29, 1.82) is 0 Å². The molecule has 1 saturated heterocycles. The van der Waals surface area contributed by atoms with Gasteiger partial charge in [-0.25, -0.2) is 4.98 Å². The monoisotopic (exact) mass is 269 g/mol. The summed E-state index contributed by atoms with van der Waals surface area (Å²) in [5.41, 5.74) is -0.533. The van der Waals surface area contributed by atoms with E-state index in [1.807, 2.05) is 13.8 Å². The van der Waals surface area contributed by atoms with Crippen LogP contribution in [0.3, 0.4) is 0 Å². The Morgan fingerprint density at radius 2 is 2.11 bits per heavy atom. The molecule has 2 rings (SSSR count). The van der Waals surface area contributed by atoms with Crippen molar-refractivity contribution in [3.8, 4) is 0 Å². The van der Waals surface area contributed by atoms with Crippen LogP contribution in [0.2, 0.25) is 0 Å². The number of piperidine rings is 1. The van der Waals surface area contributed by atoms with Gasteiger partial charge in [0.25, 0.3) is 0 Å². The van der Waals surface area contributed by atoms with Gasteiger partial charge in [-0.2, -0.15) is 4.37 Å². The molecule has 1 fully saturated rings. The number of hydrogen-bond donors (Lipinski definition) is 1. The normalized spacial score (nSPS) is 18.9. The number of aromatic nitrogens is 2. The van der Waals surface area contributed by atoms with Crippen molar-refractivity contribution in [3.63, 3.8) is 0 Å². The van der Waals surface area contributed by atoms with Crippen LogP contribution in [0.15, 0.2) is 0 Å². The first kappa shape index (κ1) is 13.3. The van der Waals surface area contributed by atoms with Gasteiger partial charge in [-0.15, -0.1) is 0 Å². The van der Waals surface area contributed by atoms with Crippen molar-refractivity contribution < 1.29 is 9.90 Å². The lowest BCUT2D eigenvalue weighted by Gasteiger charge is -2.38. The molecule has 2 heterocycles. The van der Waals surface area contributed by atoms with Gasteiger partial charge in [0.1, 0.15) is 5.82 Å². The molecule has 6 heteroatoms. The first-order valence-corrected chi connectivity index (χ1v) is 7.19. The largest absolute Gasteiger partial charge is 0.481 e. The summed E-state index contributed by atoms with van der Waals surface area (Å²) in [5, 5.41) is 10.3. The van der Waals surface area contributed by atoms with Gasteiger partial charge in [0.2, 0.25) is 5.13 Å². The van der Waals surface area contributed by atoms with E-state index in [2.05, 4.69) is 14.3 Å². The van der Waals surface area contributed by atoms with Gasteiger partial charge in [0, 0.05) is 31.0 Å². The Labute approximate surface area is 111 Å². The Kier molecular flexibility index (Phi) is 3.85. The molecule has 1 N–H and O–H groups in total. The summed E-state index contributed by atoms with van der Waals surface area (Å²) in [4.78, 5) is 18.0. The summed E-state index contributed by atoms with van der Waals surface area (Å²) in [6, 6.07) is 0. The van der Waals surface area contributed by atoms with Crippen LogP contribution < -0.4 is 4.90 Å². The highest BCUT2D eigenvalue weighted by molar-refractivity contribution is 7.09. The van der Waals surface area contributed by atoms with E-state index in [4.69, 9.17) is 0 Å². The van der Waals surface area contributed by atoms with Gasteiger partial charge < -0.3 is 10.0 Å². The van der Waals surface area contributed by atoms with E-state index in [1.165, 1.54) is 11.5 Å². The molecule has 100 valence electrons. The molecule has 0 aromatic carbocycles. The molecule has 5 nitrogen and oxygen atoms in total. The number of aryl methyl sites for hydroxylation is 1. The quantitative estimate of drug-likeness (QED) is 0.907. The maximum Gasteiger partial charge on any atom is 0.309 e. The molecule has 0 radical (unpaired) electrons. The minimum absolute atomic E-state index is 0.533. The van der Waals surface area contributed by atoms with Crippen LogP contribution in [0.5, 0.6) is 0 Å². The van der Waals surface area contributed by atoms with Gasteiger partial charge in [-0.1, -0.05) is 13.8 Å². The van der Waals surface area contributed by atoms with E-state index in [0.717, 1.165) is 30.5 Å². The summed E-state index contributed by atoms with van der Waals surface area (Å²) in [6.07, 6.45) is 2.94. The second kappa shape index (κ2) is 5.22. The van der Waals surface area contributed by atoms with Crippen LogP contribution in [-0.4, -0.2) is 33.5 Å². The fourth-order valence-corrected chi connectivity index (χ4v) is 3.16. The third kappa shape index (κ3) is 2.34. The highest BCUT2D eigenvalue weighted by atomic mass is 32.1. The number of hydrogen-bond acceptors (Lipinski definition) is 5. The minimum Gasteiger partial charge on any atom is -0.481 e. The Balaban J connectivity index is 2.03. The lowest BCUT2D eigenvalue weighted by Crippen LogP contribution is -2.44. The number of nitrogens with zero attached hydrogens (tertiary/aromatic N) is 3. The smallest absolute Gasteiger partial charge is 0.309 e. The minimum atomic E-state index is -0.656. The third-order valence-corrected chi connectivity index (χ3v) is 4.71. The summed E-state index contributed by atoms with van der Waals surface area (Å²) >= 11 is 1.41. The summed E-state index contributed by atoms with van der Waals surface area (Å²) in [6.45, 7) is 5.52. The first-order chi connectivity index (χ1) is 8.61. The Hall–Kier alpha value is -1.17. The second-order valence-electron chi connectivity index (χ2n) is 4.77. The van der Waals surface area contributed by atoms with Crippen molar-refractivity contribution in [1.82, 2.24) is 9.36 Å². The zero-order valence-corrected chi connectivity index (χ0v) is 11.7. The number of aliphatic carboxylic acids is 1. The third-order valence-electron chi connectivity index (χ3n) is 3.90.